The Morgan fingerprint density at radius 2 is 2.17 bits per heavy atom. The van der Waals surface area contributed by atoms with E-state index < -0.39 is 0 Å². The molecule has 2 N–H and O–H groups in total. The van der Waals surface area contributed by atoms with E-state index in [9.17, 15) is 0 Å². The molecule has 3 rings (SSSR count). The van der Waals surface area contributed by atoms with Crippen LogP contribution in [0.15, 0.2) is 18.5 Å². The number of pyridine rings is 1. The van der Waals surface area contributed by atoms with Crippen molar-refractivity contribution in [1.29, 1.82) is 0 Å². The summed E-state index contributed by atoms with van der Waals surface area (Å²) in [5.41, 5.74) is 4.67. The highest BCUT2D eigenvalue weighted by Crippen LogP contribution is 2.33. The molecule has 2 aromatic rings. The Labute approximate surface area is 107 Å². The molecule has 0 unspecified atom stereocenters. The van der Waals surface area contributed by atoms with Gasteiger partial charge < -0.3 is 10.3 Å². The molecule has 0 aromatic carbocycles. The smallest absolute Gasteiger partial charge is 0.107 e. The molecule has 18 heavy (non-hydrogen) atoms. The number of nitrogens with one attached hydrogen (secondary N) is 2. The van der Waals surface area contributed by atoms with Crippen LogP contribution in [-0.2, 0) is 13.0 Å². The van der Waals surface area contributed by atoms with Gasteiger partial charge in [0.25, 0.3) is 0 Å². The normalized spacial score (nSPS) is 13.7. The zero-order chi connectivity index (χ0) is 12.8. The third-order valence-electron chi connectivity index (χ3n) is 3.06. The second-order valence-corrected chi connectivity index (χ2v) is 6.02. The number of anilines is 1. The molecule has 94 valence electrons. The van der Waals surface area contributed by atoms with Crippen LogP contribution >= 0.6 is 0 Å². The van der Waals surface area contributed by atoms with Gasteiger partial charge in [0.15, 0.2) is 0 Å². The highest BCUT2D eigenvalue weighted by molar-refractivity contribution is 5.78. The standard InChI is InChI=1S/C14H18N4/c1-14(2,3)6-12-17-11-8-16-10-4-5-15-7-9(10)13(11)18-12/h4-5,7,16H,6,8H2,1-3H3,(H,17,18). The summed E-state index contributed by atoms with van der Waals surface area (Å²) in [4.78, 5) is 12.4. The van der Waals surface area contributed by atoms with Crippen molar-refractivity contribution in [3.63, 3.8) is 0 Å². The topological polar surface area (TPSA) is 53.6 Å². The van der Waals surface area contributed by atoms with E-state index in [1.165, 1.54) is 0 Å². The lowest BCUT2D eigenvalue weighted by atomic mass is 9.92. The van der Waals surface area contributed by atoms with Gasteiger partial charge in [0.1, 0.15) is 5.82 Å². The van der Waals surface area contributed by atoms with E-state index in [4.69, 9.17) is 4.98 Å². The Kier molecular flexibility index (Phi) is 2.40. The second kappa shape index (κ2) is 3.83. The molecule has 1 aliphatic heterocycles. The fourth-order valence-corrected chi connectivity index (χ4v) is 2.32. The van der Waals surface area contributed by atoms with Gasteiger partial charge in [-0.15, -0.1) is 0 Å². The molecule has 0 saturated heterocycles. The van der Waals surface area contributed by atoms with Crippen LogP contribution in [0.25, 0.3) is 11.3 Å². The Hall–Kier alpha value is -1.84. The Morgan fingerprint density at radius 1 is 1.33 bits per heavy atom. The van der Waals surface area contributed by atoms with Crippen molar-refractivity contribution >= 4 is 5.69 Å². The van der Waals surface area contributed by atoms with E-state index in [0.717, 1.165) is 41.4 Å². The van der Waals surface area contributed by atoms with Crippen molar-refractivity contribution in [2.24, 2.45) is 5.41 Å². The van der Waals surface area contributed by atoms with Crippen LogP contribution in [0.4, 0.5) is 5.69 Å². The quantitative estimate of drug-likeness (QED) is 0.808. The Balaban J connectivity index is 2.02. The number of aromatic amines is 1. The van der Waals surface area contributed by atoms with Crippen LogP contribution < -0.4 is 5.32 Å². The average Bonchev–Trinajstić information content (AvgIpc) is 2.69. The van der Waals surface area contributed by atoms with Crippen LogP contribution in [0.1, 0.15) is 32.3 Å². The van der Waals surface area contributed by atoms with Crippen molar-refractivity contribution in [2.75, 3.05) is 5.32 Å². The molecule has 1 aliphatic rings. The number of fused-ring (bicyclic) bond motifs is 3. The zero-order valence-electron chi connectivity index (χ0n) is 11.0. The minimum Gasteiger partial charge on any atom is -0.379 e. The molecule has 2 aromatic heterocycles. The highest BCUT2D eigenvalue weighted by Gasteiger charge is 2.22. The summed E-state index contributed by atoms with van der Waals surface area (Å²) in [7, 11) is 0. The van der Waals surface area contributed by atoms with Crippen LogP contribution in [0.5, 0.6) is 0 Å². The number of hydrogen-bond acceptors (Lipinski definition) is 3. The van der Waals surface area contributed by atoms with Gasteiger partial charge in [0, 0.05) is 30.1 Å². The lowest BCUT2D eigenvalue weighted by Gasteiger charge is -2.16. The zero-order valence-corrected chi connectivity index (χ0v) is 11.0. The number of H-pyrrole nitrogens is 1. The predicted molar refractivity (Wildman–Crippen MR) is 72.3 cm³/mol. The summed E-state index contributed by atoms with van der Waals surface area (Å²) in [6.07, 6.45) is 4.64. The van der Waals surface area contributed by atoms with Gasteiger partial charge in [-0.1, -0.05) is 20.8 Å². The Bertz CT molecular complexity index is 578. The maximum Gasteiger partial charge on any atom is 0.107 e. The van der Waals surface area contributed by atoms with E-state index in [1.54, 1.807) is 6.20 Å². The largest absolute Gasteiger partial charge is 0.379 e. The van der Waals surface area contributed by atoms with Gasteiger partial charge in [-0.2, -0.15) is 0 Å². The Morgan fingerprint density at radius 3 is 2.94 bits per heavy atom. The first-order chi connectivity index (χ1) is 8.53. The number of aromatic nitrogens is 3. The van der Waals surface area contributed by atoms with Crippen LogP contribution in [0.3, 0.4) is 0 Å². The summed E-state index contributed by atoms with van der Waals surface area (Å²) in [6, 6.07) is 2.00. The van der Waals surface area contributed by atoms with Crippen LogP contribution in [0.2, 0.25) is 0 Å². The van der Waals surface area contributed by atoms with Crippen LogP contribution in [-0.4, -0.2) is 15.0 Å². The molecular formula is C14H18N4. The van der Waals surface area contributed by atoms with Crippen LogP contribution in [0, 0.1) is 5.41 Å². The van der Waals surface area contributed by atoms with Crippen molar-refractivity contribution < 1.29 is 0 Å². The number of hydrogen-bond donors (Lipinski definition) is 2. The van der Waals surface area contributed by atoms with Gasteiger partial charge in [0.2, 0.25) is 0 Å². The molecule has 0 amide bonds. The first-order valence-electron chi connectivity index (χ1n) is 6.29. The minimum absolute atomic E-state index is 0.242. The first kappa shape index (κ1) is 11.3. The first-order valence-corrected chi connectivity index (χ1v) is 6.29. The SMILES string of the molecule is CC(C)(C)Cc1nc2c([nH]1)CNc1ccncc1-2. The van der Waals surface area contributed by atoms with Crippen molar-refractivity contribution in [3.8, 4) is 11.3 Å². The van der Waals surface area contributed by atoms with Crippen molar-refractivity contribution in [3.05, 3.63) is 30.0 Å². The van der Waals surface area contributed by atoms with E-state index in [2.05, 4.69) is 36.1 Å². The van der Waals surface area contributed by atoms with E-state index in [-0.39, 0.29) is 5.41 Å². The molecule has 4 nitrogen and oxygen atoms in total. The summed E-state index contributed by atoms with van der Waals surface area (Å²) in [5, 5.41) is 3.38. The van der Waals surface area contributed by atoms with Gasteiger partial charge in [-0.25, -0.2) is 4.98 Å². The fourth-order valence-electron chi connectivity index (χ4n) is 2.32. The summed E-state index contributed by atoms with van der Waals surface area (Å²) >= 11 is 0. The van der Waals surface area contributed by atoms with Gasteiger partial charge in [-0.05, 0) is 11.5 Å². The molecule has 0 atom stereocenters. The number of rotatable bonds is 1. The second-order valence-electron chi connectivity index (χ2n) is 6.02. The molecule has 0 fully saturated rings. The molecule has 0 radical (unpaired) electrons. The molecule has 0 bridgehead atoms. The molecule has 0 saturated carbocycles. The van der Waals surface area contributed by atoms with Gasteiger partial charge in [0.05, 0.1) is 17.9 Å². The maximum absolute atomic E-state index is 4.74. The van der Waals surface area contributed by atoms with E-state index in [0.29, 0.717) is 0 Å². The highest BCUT2D eigenvalue weighted by atomic mass is 15.0. The molecule has 3 heterocycles. The van der Waals surface area contributed by atoms with Gasteiger partial charge in [-0.3, -0.25) is 4.98 Å². The molecule has 0 spiro atoms. The number of imidazole rings is 1. The molecule has 4 heteroatoms. The van der Waals surface area contributed by atoms with Gasteiger partial charge >= 0.3 is 0 Å². The third kappa shape index (κ3) is 1.98. The lowest BCUT2D eigenvalue weighted by Crippen LogP contribution is -2.10. The molecule has 0 aliphatic carbocycles. The average molecular weight is 242 g/mol. The van der Waals surface area contributed by atoms with E-state index >= 15 is 0 Å². The summed E-state index contributed by atoms with van der Waals surface area (Å²) in [6.45, 7) is 7.48. The number of nitrogens with zero attached hydrogens (tertiary/aromatic N) is 2. The molecular weight excluding hydrogens is 224 g/mol. The predicted octanol–water partition coefficient (Wildman–Crippen LogP) is 2.99. The lowest BCUT2D eigenvalue weighted by molar-refractivity contribution is 0.402. The fraction of sp³-hybridized carbons (Fsp3) is 0.429. The summed E-state index contributed by atoms with van der Waals surface area (Å²) < 4.78 is 0. The van der Waals surface area contributed by atoms with E-state index in [1.807, 2.05) is 12.3 Å². The van der Waals surface area contributed by atoms with Crippen molar-refractivity contribution in [1.82, 2.24) is 15.0 Å². The minimum atomic E-state index is 0.242. The third-order valence-corrected chi connectivity index (χ3v) is 3.06. The van der Waals surface area contributed by atoms with Crippen molar-refractivity contribution in [2.45, 2.75) is 33.7 Å². The summed E-state index contributed by atoms with van der Waals surface area (Å²) in [5.74, 6) is 1.06. The maximum atomic E-state index is 4.74. The monoisotopic (exact) mass is 242 g/mol.